The third-order valence-corrected chi connectivity index (χ3v) is 7.63. The van der Waals surface area contributed by atoms with Gasteiger partial charge in [0.05, 0.1) is 0 Å². The largest absolute Gasteiger partial charge is 0.347 e. The summed E-state index contributed by atoms with van der Waals surface area (Å²) in [7, 11) is 0. The van der Waals surface area contributed by atoms with Crippen LogP contribution < -0.4 is 4.90 Å². The molecule has 0 amide bonds. The van der Waals surface area contributed by atoms with Crippen LogP contribution in [0.4, 0.5) is 9.52 Å². The molecular formula is C24H25FN6S. The molecule has 2 fully saturated rings. The Morgan fingerprint density at radius 2 is 1.59 bits per heavy atom. The molecule has 5 heterocycles. The third-order valence-electron chi connectivity index (χ3n) is 6.66. The highest BCUT2D eigenvalue weighted by Crippen LogP contribution is 2.36. The van der Waals surface area contributed by atoms with Gasteiger partial charge in [0, 0.05) is 42.7 Å². The average Bonchev–Trinajstić information content (AvgIpc) is 3.57. The number of halogens is 1. The van der Waals surface area contributed by atoms with Crippen molar-refractivity contribution in [3.05, 3.63) is 54.6 Å². The van der Waals surface area contributed by atoms with Gasteiger partial charge in [-0.3, -0.25) is 4.98 Å². The highest BCUT2D eigenvalue weighted by Gasteiger charge is 2.28. The van der Waals surface area contributed by atoms with Gasteiger partial charge in [-0.2, -0.15) is 0 Å². The molecule has 8 heteroatoms. The van der Waals surface area contributed by atoms with Crippen LogP contribution >= 0.6 is 11.3 Å². The first-order valence-corrected chi connectivity index (χ1v) is 12.1. The number of anilines is 1. The van der Waals surface area contributed by atoms with Crippen LogP contribution in [-0.2, 0) is 0 Å². The van der Waals surface area contributed by atoms with E-state index in [4.69, 9.17) is 10.1 Å². The number of fused-ring (bicyclic) bond motifs is 1. The van der Waals surface area contributed by atoms with Crippen LogP contribution in [0.5, 0.6) is 0 Å². The van der Waals surface area contributed by atoms with Crippen molar-refractivity contribution in [1.82, 2.24) is 24.5 Å². The molecule has 2 aliphatic heterocycles. The maximum atomic E-state index is 13.6. The van der Waals surface area contributed by atoms with E-state index in [0.29, 0.717) is 6.04 Å². The van der Waals surface area contributed by atoms with Gasteiger partial charge in [-0.1, -0.05) is 11.3 Å². The van der Waals surface area contributed by atoms with Crippen molar-refractivity contribution in [3.8, 4) is 22.5 Å². The van der Waals surface area contributed by atoms with Gasteiger partial charge in [0.1, 0.15) is 17.2 Å². The van der Waals surface area contributed by atoms with Crippen molar-refractivity contribution < 1.29 is 4.39 Å². The predicted molar refractivity (Wildman–Crippen MR) is 126 cm³/mol. The van der Waals surface area contributed by atoms with E-state index >= 15 is 0 Å². The molecule has 32 heavy (non-hydrogen) atoms. The molecule has 0 saturated carbocycles. The summed E-state index contributed by atoms with van der Waals surface area (Å²) in [4.78, 5) is 15.0. The predicted octanol–water partition coefficient (Wildman–Crippen LogP) is 4.72. The summed E-state index contributed by atoms with van der Waals surface area (Å²) < 4.78 is 15.5. The summed E-state index contributed by atoms with van der Waals surface area (Å²) in [6, 6.07) is 11.2. The Morgan fingerprint density at radius 3 is 2.31 bits per heavy atom. The van der Waals surface area contributed by atoms with E-state index < -0.39 is 0 Å². The lowest BCUT2D eigenvalue weighted by atomic mass is 10.0. The van der Waals surface area contributed by atoms with E-state index in [1.165, 1.54) is 50.9 Å². The molecule has 0 unspecified atom stereocenters. The van der Waals surface area contributed by atoms with E-state index in [2.05, 4.69) is 14.8 Å². The second-order valence-corrected chi connectivity index (χ2v) is 9.53. The van der Waals surface area contributed by atoms with Crippen LogP contribution in [0.3, 0.4) is 0 Å². The molecule has 4 aromatic rings. The van der Waals surface area contributed by atoms with Gasteiger partial charge in [0.25, 0.3) is 0 Å². The van der Waals surface area contributed by atoms with Crippen molar-refractivity contribution in [2.75, 3.05) is 31.1 Å². The van der Waals surface area contributed by atoms with Gasteiger partial charge in [-0.05, 0) is 75.2 Å². The van der Waals surface area contributed by atoms with Gasteiger partial charge in [0.2, 0.25) is 10.1 Å². The average molecular weight is 449 g/mol. The number of rotatable bonds is 4. The normalized spacial score (nSPS) is 18.1. The summed E-state index contributed by atoms with van der Waals surface area (Å²) in [6.45, 7) is 4.57. The van der Waals surface area contributed by atoms with Crippen molar-refractivity contribution in [2.24, 2.45) is 0 Å². The van der Waals surface area contributed by atoms with Gasteiger partial charge in [0.15, 0.2) is 0 Å². The zero-order chi connectivity index (χ0) is 21.5. The molecule has 2 saturated heterocycles. The van der Waals surface area contributed by atoms with E-state index in [1.54, 1.807) is 35.9 Å². The summed E-state index contributed by atoms with van der Waals surface area (Å²) >= 11 is 1.63. The number of hydrogen-bond acceptors (Lipinski definition) is 6. The number of likely N-dealkylation sites (tertiary alicyclic amines) is 1. The molecule has 0 spiro atoms. The third kappa shape index (κ3) is 3.57. The fraction of sp³-hybridized carbons (Fsp3) is 0.375. The molecule has 0 aliphatic carbocycles. The Balaban J connectivity index is 1.34. The summed E-state index contributed by atoms with van der Waals surface area (Å²) in [5, 5.41) is 5.99. The minimum absolute atomic E-state index is 0.250. The topological polar surface area (TPSA) is 49.6 Å². The SMILES string of the molecule is Fc1ccc(-c2c(-c3ccncc3)nc3sc(N4CCC(N5CCCC5)CC4)nn23)cc1. The Hall–Kier alpha value is -2.84. The molecule has 0 bridgehead atoms. The number of nitrogens with zero attached hydrogens (tertiary/aromatic N) is 6. The lowest BCUT2D eigenvalue weighted by Crippen LogP contribution is -2.43. The second kappa shape index (κ2) is 8.26. The maximum Gasteiger partial charge on any atom is 0.215 e. The molecule has 2 aliphatic rings. The lowest BCUT2D eigenvalue weighted by Gasteiger charge is -2.36. The maximum absolute atomic E-state index is 13.6. The molecular weight excluding hydrogens is 423 g/mol. The number of imidazole rings is 1. The first-order chi connectivity index (χ1) is 15.8. The van der Waals surface area contributed by atoms with Crippen LogP contribution in [0.2, 0.25) is 0 Å². The highest BCUT2D eigenvalue weighted by molar-refractivity contribution is 7.20. The van der Waals surface area contributed by atoms with Crippen molar-refractivity contribution in [2.45, 2.75) is 31.7 Å². The fourth-order valence-electron chi connectivity index (χ4n) is 4.97. The van der Waals surface area contributed by atoms with Gasteiger partial charge < -0.3 is 9.80 Å². The molecule has 0 atom stereocenters. The van der Waals surface area contributed by atoms with Crippen molar-refractivity contribution in [3.63, 3.8) is 0 Å². The molecule has 3 aromatic heterocycles. The number of piperidine rings is 1. The number of pyridine rings is 1. The van der Waals surface area contributed by atoms with E-state index in [-0.39, 0.29) is 5.82 Å². The smallest absolute Gasteiger partial charge is 0.215 e. The van der Waals surface area contributed by atoms with Crippen LogP contribution in [0.1, 0.15) is 25.7 Å². The van der Waals surface area contributed by atoms with E-state index in [1.807, 2.05) is 16.6 Å². The standard InChI is InChI=1S/C24H25FN6S/c25-19-5-3-18(4-6-19)22-21(17-7-11-26-12-8-17)27-23-31(22)28-24(32-23)30-15-9-20(10-16-30)29-13-1-2-14-29/h3-8,11-12,20H,1-2,9-10,13-16H2. The minimum Gasteiger partial charge on any atom is -0.347 e. The summed E-state index contributed by atoms with van der Waals surface area (Å²) in [5.74, 6) is -0.250. The molecule has 6 nitrogen and oxygen atoms in total. The molecule has 1 aromatic carbocycles. The molecule has 0 N–H and O–H groups in total. The molecule has 0 radical (unpaired) electrons. The van der Waals surface area contributed by atoms with E-state index in [9.17, 15) is 4.39 Å². The Morgan fingerprint density at radius 1 is 0.875 bits per heavy atom. The first-order valence-electron chi connectivity index (χ1n) is 11.3. The van der Waals surface area contributed by atoms with Crippen molar-refractivity contribution in [1.29, 1.82) is 0 Å². The van der Waals surface area contributed by atoms with E-state index in [0.717, 1.165) is 45.7 Å². The van der Waals surface area contributed by atoms with Crippen LogP contribution in [0.15, 0.2) is 48.8 Å². The molecule has 164 valence electrons. The molecule has 6 rings (SSSR count). The van der Waals surface area contributed by atoms with Gasteiger partial charge in [-0.25, -0.2) is 13.9 Å². The second-order valence-electron chi connectivity index (χ2n) is 8.59. The Bertz CT molecular complexity index is 1200. The minimum atomic E-state index is -0.250. The van der Waals surface area contributed by atoms with Crippen LogP contribution in [0, 0.1) is 5.82 Å². The zero-order valence-electron chi connectivity index (χ0n) is 17.8. The first kappa shape index (κ1) is 19.8. The monoisotopic (exact) mass is 448 g/mol. The van der Waals surface area contributed by atoms with Crippen LogP contribution in [-0.4, -0.2) is 56.7 Å². The Kier molecular flexibility index (Phi) is 5.11. The number of benzene rings is 1. The Labute approximate surface area is 190 Å². The lowest BCUT2D eigenvalue weighted by molar-refractivity contribution is 0.208. The quantitative estimate of drug-likeness (QED) is 0.452. The number of hydrogen-bond donors (Lipinski definition) is 0. The van der Waals surface area contributed by atoms with Crippen molar-refractivity contribution >= 4 is 21.4 Å². The number of aromatic nitrogens is 4. The highest BCUT2D eigenvalue weighted by atomic mass is 32.1. The summed E-state index contributed by atoms with van der Waals surface area (Å²) in [6.07, 6.45) is 8.59. The van der Waals surface area contributed by atoms with Gasteiger partial charge in [-0.15, -0.1) is 5.10 Å². The zero-order valence-corrected chi connectivity index (χ0v) is 18.6. The van der Waals surface area contributed by atoms with Crippen LogP contribution in [0.25, 0.3) is 27.5 Å². The van der Waals surface area contributed by atoms with Gasteiger partial charge >= 0.3 is 0 Å². The fourth-order valence-corrected chi connectivity index (χ4v) is 5.93. The summed E-state index contributed by atoms with van der Waals surface area (Å²) in [5.41, 5.74) is 3.61.